The van der Waals surface area contributed by atoms with Gasteiger partial charge in [-0.3, -0.25) is 9.13 Å². The Morgan fingerprint density at radius 1 is 1.42 bits per heavy atom. The largest absolute Gasteiger partial charge is 0.383 e. The van der Waals surface area contributed by atoms with Gasteiger partial charge in [-0.05, 0) is 32.8 Å². The lowest BCUT2D eigenvalue weighted by Gasteiger charge is -2.23. The number of aromatic nitrogens is 2. The van der Waals surface area contributed by atoms with Crippen molar-refractivity contribution in [1.82, 2.24) is 9.55 Å². The summed E-state index contributed by atoms with van der Waals surface area (Å²) in [4.78, 5) is 15.5. The molecule has 0 bridgehead atoms. The molecule has 0 aliphatic carbocycles. The Hall–Kier alpha value is -0.990. The molecule has 2 heterocycles. The molecule has 0 saturated carbocycles. The van der Waals surface area contributed by atoms with E-state index >= 15 is 0 Å². The molecule has 2 N–H and O–H groups in total. The minimum absolute atomic E-state index is 0.0956. The van der Waals surface area contributed by atoms with Crippen molar-refractivity contribution in [3.63, 3.8) is 0 Å². The summed E-state index contributed by atoms with van der Waals surface area (Å²) in [6.45, 7) is 3.44. The van der Waals surface area contributed by atoms with Crippen LogP contribution in [-0.4, -0.2) is 41.2 Å². The van der Waals surface area contributed by atoms with E-state index in [4.69, 9.17) is 19.5 Å². The van der Waals surface area contributed by atoms with E-state index in [0.29, 0.717) is 12.8 Å². The van der Waals surface area contributed by atoms with Crippen molar-refractivity contribution in [2.45, 2.75) is 51.4 Å². The Morgan fingerprint density at radius 3 is 2.58 bits per heavy atom. The Kier molecular flexibility index (Phi) is 9.74. The molecule has 1 fully saturated rings. The lowest BCUT2D eigenvalue weighted by molar-refractivity contribution is -0.0106. The van der Waals surface area contributed by atoms with Crippen molar-refractivity contribution in [2.75, 3.05) is 25.3 Å². The number of nitrogen functional groups attached to an aromatic ring is 1. The van der Waals surface area contributed by atoms with Crippen LogP contribution in [0.1, 0.15) is 39.3 Å². The molecule has 11 heteroatoms. The first kappa shape index (κ1) is 23.0. The summed E-state index contributed by atoms with van der Waals surface area (Å²) in [6.07, 6.45) is 2.88. The number of nitrogens with two attached hydrogens (primary N) is 1. The van der Waals surface area contributed by atoms with E-state index in [1.165, 1.54) is 23.2 Å². The van der Waals surface area contributed by atoms with Crippen LogP contribution in [-0.2, 0) is 18.3 Å². The average molecular weight is 414 g/mol. The van der Waals surface area contributed by atoms with Crippen molar-refractivity contribution < 1.29 is 22.7 Å². The van der Waals surface area contributed by atoms with Crippen LogP contribution in [0.25, 0.3) is 0 Å². The highest BCUT2D eigenvalue weighted by Crippen LogP contribution is 2.55. The van der Waals surface area contributed by atoms with Gasteiger partial charge in [0, 0.05) is 19.0 Å². The van der Waals surface area contributed by atoms with Crippen LogP contribution >= 0.6 is 19.2 Å². The van der Waals surface area contributed by atoms with E-state index in [1.54, 1.807) is 13.8 Å². The minimum Gasteiger partial charge on any atom is -0.383 e. The van der Waals surface area contributed by atoms with Crippen LogP contribution in [0, 0.1) is 0 Å². The molecule has 8 nitrogen and oxygen atoms in total. The van der Waals surface area contributed by atoms with Gasteiger partial charge < -0.3 is 19.5 Å². The minimum atomic E-state index is -3.81. The lowest BCUT2D eigenvalue weighted by atomic mass is 10.2. The summed E-state index contributed by atoms with van der Waals surface area (Å²) in [5, 5.41) is 0. The summed E-state index contributed by atoms with van der Waals surface area (Å²) in [6, 6.07) is 1.49. The Balaban J connectivity index is 0.00000163. The number of hydrogen-bond acceptors (Lipinski definition) is 7. The van der Waals surface area contributed by atoms with Gasteiger partial charge in [0.25, 0.3) is 0 Å². The molecule has 0 radical (unpaired) electrons. The van der Waals surface area contributed by atoms with Crippen LogP contribution in [0.15, 0.2) is 17.1 Å². The van der Waals surface area contributed by atoms with Gasteiger partial charge in [-0.25, -0.2) is 9.18 Å². The van der Waals surface area contributed by atoms with E-state index in [-0.39, 0.29) is 25.5 Å². The number of rotatable bonds is 8. The Bertz CT molecular complexity index is 652. The fourth-order valence-corrected chi connectivity index (χ4v) is 4.23. The standard InChI is InChI=1S/C14H23FN3O5P.CH3Cl/c1-3-21-24(20,22-4-2)11(15)9-10-5-6-13(23-10)18-8-7-12(16)17-14(18)19;1-2/h7-8,10-11,13H,3-6,9H2,1-2H3,(H2,16,17,19);1H3/t10-,11?,13?;/m0./s1. The van der Waals surface area contributed by atoms with Gasteiger partial charge in [0.05, 0.1) is 19.3 Å². The molecular formula is C15H26ClFN3O5P. The third-order valence-corrected chi connectivity index (χ3v) is 5.80. The number of alkyl halides is 2. The summed E-state index contributed by atoms with van der Waals surface area (Å²) < 4.78 is 43.9. The highest BCUT2D eigenvalue weighted by Gasteiger charge is 2.40. The van der Waals surface area contributed by atoms with Crippen LogP contribution < -0.4 is 11.4 Å². The van der Waals surface area contributed by atoms with Crippen molar-refractivity contribution >= 4 is 25.0 Å². The lowest BCUT2D eigenvalue weighted by Crippen LogP contribution is -2.27. The highest BCUT2D eigenvalue weighted by molar-refractivity contribution is 7.54. The summed E-state index contributed by atoms with van der Waals surface area (Å²) >= 11 is 4.64. The number of ether oxygens (including phenoxy) is 1. The van der Waals surface area contributed by atoms with Gasteiger partial charge in [0.2, 0.25) is 5.91 Å². The SMILES string of the molecule is CCOP(=O)(OCC)C(F)C[C@@H]1CCC(n2ccc(N)nc2=O)O1.CCl. The monoisotopic (exact) mass is 413 g/mol. The molecule has 2 unspecified atom stereocenters. The molecule has 0 spiro atoms. The molecule has 1 saturated heterocycles. The van der Waals surface area contributed by atoms with E-state index in [9.17, 15) is 13.8 Å². The maximum atomic E-state index is 14.4. The van der Waals surface area contributed by atoms with Crippen molar-refractivity contribution in [1.29, 1.82) is 0 Å². The molecule has 26 heavy (non-hydrogen) atoms. The smallest absolute Gasteiger partial charge is 0.364 e. The second kappa shape index (κ2) is 11.0. The molecule has 0 amide bonds. The zero-order chi connectivity index (χ0) is 19.7. The fraction of sp³-hybridized carbons (Fsp3) is 0.733. The first-order chi connectivity index (χ1) is 12.4. The fourth-order valence-electron chi connectivity index (χ4n) is 2.61. The summed E-state index contributed by atoms with van der Waals surface area (Å²) in [5.74, 6) is -1.65. The molecule has 1 aromatic rings. The number of halogens is 2. The molecule has 1 aromatic heterocycles. The first-order valence-corrected chi connectivity index (χ1v) is 10.7. The molecule has 1 aliphatic heterocycles. The second-order valence-electron chi connectivity index (χ2n) is 5.38. The zero-order valence-electron chi connectivity index (χ0n) is 15.1. The Labute approximate surface area is 157 Å². The predicted molar refractivity (Wildman–Crippen MR) is 98.2 cm³/mol. The number of hydrogen-bond donors (Lipinski definition) is 1. The normalized spacial score (nSPS) is 21.1. The van der Waals surface area contributed by atoms with Gasteiger partial charge in [-0.1, -0.05) is 0 Å². The third-order valence-electron chi connectivity index (χ3n) is 3.67. The van der Waals surface area contributed by atoms with Gasteiger partial charge in [0.1, 0.15) is 12.0 Å². The van der Waals surface area contributed by atoms with Crippen LogP contribution in [0.2, 0.25) is 0 Å². The molecule has 150 valence electrons. The topological polar surface area (TPSA) is 106 Å². The summed E-state index contributed by atoms with van der Waals surface area (Å²) in [7, 11) is -3.81. The number of nitrogens with zero attached hydrogens (tertiary/aromatic N) is 2. The quantitative estimate of drug-likeness (QED) is 0.514. The van der Waals surface area contributed by atoms with Crippen molar-refractivity contribution in [3.05, 3.63) is 22.7 Å². The highest BCUT2D eigenvalue weighted by atomic mass is 35.5. The van der Waals surface area contributed by atoms with Crippen LogP contribution in [0.5, 0.6) is 0 Å². The zero-order valence-corrected chi connectivity index (χ0v) is 16.8. The second-order valence-corrected chi connectivity index (χ2v) is 7.53. The third kappa shape index (κ3) is 6.03. The van der Waals surface area contributed by atoms with Crippen molar-refractivity contribution in [3.8, 4) is 0 Å². The molecular weight excluding hydrogens is 388 g/mol. The predicted octanol–water partition coefficient (Wildman–Crippen LogP) is 3.31. The van der Waals surface area contributed by atoms with E-state index in [1.807, 2.05) is 0 Å². The average Bonchev–Trinajstić information content (AvgIpc) is 3.05. The van der Waals surface area contributed by atoms with Crippen molar-refractivity contribution in [2.24, 2.45) is 0 Å². The maximum absolute atomic E-state index is 14.4. The van der Waals surface area contributed by atoms with E-state index in [2.05, 4.69) is 16.6 Å². The van der Waals surface area contributed by atoms with Crippen LogP contribution in [0.4, 0.5) is 10.2 Å². The van der Waals surface area contributed by atoms with E-state index < -0.39 is 31.5 Å². The number of anilines is 1. The molecule has 2 rings (SSSR count). The van der Waals surface area contributed by atoms with E-state index in [0.717, 1.165) is 0 Å². The maximum Gasteiger partial charge on any atom is 0.364 e. The van der Waals surface area contributed by atoms with Crippen LogP contribution in [0.3, 0.4) is 0 Å². The van der Waals surface area contributed by atoms with Gasteiger partial charge >= 0.3 is 13.3 Å². The Morgan fingerprint density at radius 2 is 2.04 bits per heavy atom. The summed E-state index contributed by atoms with van der Waals surface area (Å²) in [5.41, 5.74) is 4.93. The molecule has 0 aromatic carbocycles. The first-order valence-electron chi connectivity index (χ1n) is 8.30. The van der Waals surface area contributed by atoms with Gasteiger partial charge in [-0.15, -0.1) is 11.6 Å². The van der Waals surface area contributed by atoms with Gasteiger partial charge in [0.15, 0.2) is 0 Å². The van der Waals surface area contributed by atoms with Gasteiger partial charge in [-0.2, -0.15) is 4.98 Å². The molecule has 1 aliphatic rings. The molecule has 3 atom stereocenters.